The molecule has 0 aromatic carbocycles. The van der Waals surface area contributed by atoms with Gasteiger partial charge in [-0.05, 0) is 51.2 Å². The fraction of sp³-hybridized carbons (Fsp3) is 0.583. The van der Waals surface area contributed by atoms with E-state index in [9.17, 15) is 4.79 Å². The predicted octanol–water partition coefficient (Wildman–Crippen LogP) is 3.41. The van der Waals surface area contributed by atoms with E-state index in [1.165, 1.54) is 19.3 Å². The maximum Gasteiger partial charge on any atom is 0.181 e. The zero-order chi connectivity index (χ0) is 9.68. The Labute approximate surface area is 80.5 Å². The summed E-state index contributed by atoms with van der Waals surface area (Å²) in [6.45, 7) is 3.93. The monoisotopic (exact) mass is 178 g/mol. The first-order valence-electron chi connectivity index (χ1n) is 5.08. The lowest BCUT2D eigenvalue weighted by Gasteiger charge is -1.99. The van der Waals surface area contributed by atoms with Gasteiger partial charge in [-0.2, -0.15) is 0 Å². The topological polar surface area (TPSA) is 17.1 Å². The summed E-state index contributed by atoms with van der Waals surface area (Å²) in [5.41, 5.74) is 2.12. The highest BCUT2D eigenvalue weighted by Gasteiger charge is 2.08. The van der Waals surface area contributed by atoms with Crippen LogP contribution in [0.2, 0.25) is 0 Å². The SMILES string of the molecule is CC(C)=CC(=O)C1=CCCCCC1. The number of hydrogen-bond donors (Lipinski definition) is 0. The minimum atomic E-state index is 0.224. The van der Waals surface area contributed by atoms with Crippen molar-refractivity contribution in [2.45, 2.75) is 46.0 Å². The summed E-state index contributed by atoms with van der Waals surface area (Å²) < 4.78 is 0. The number of rotatable bonds is 2. The molecule has 1 heteroatoms. The van der Waals surface area contributed by atoms with E-state index in [0.29, 0.717) is 0 Å². The summed E-state index contributed by atoms with van der Waals surface area (Å²) in [4.78, 5) is 11.6. The number of hydrogen-bond acceptors (Lipinski definition) is 1. The lowest BCUT2D eigenvalue weighted by molar-refractivity contribution is -0.111. The molecule has 0 N–H and O–H groups in total. The van der Waals surface area contributed by atoms with Crippen molar-refractivity contribution in [1.82, 2.24) is 0 Å². The Kier molecular flexibility index (Phi) is 3.94. The molecule has 0 spiro atoms. The van der Waals surface area contributed by atoms with Crippen LogP contribution < -0.4 is 0 Å². The molecule has 0 atom stereocenters. The lowest BCUT2D eigenvalue weighted by Crippen LogP contribution is -1.98. The average Bonchev–Trinajstić information content (AvgIpc) is 2.29. The number of allylic oxidation sites excluding steroid dienone is 4. The Morgan fingerprint density at radius 3 is 2.77 bits per heavy atom. The third-order valence-corrected chi connectivity index (χ3v) is 2.28. The quantitative estimate of drug-likeness (QED) is 0.592. The Bertz CT molecular complexity index is 242. The summed E-state index contributed by atoms with van der Waals surface area (Å²) in [7, 11) is 0. The van der Waals surface area contributed by atoms with Crippen LogP contribution in [0.5, 0.6) is 0 Å². The summed E-state index contributed by atoms with van der Waals surface area (Å²) in [6.07, 6.45) is 9.61. The van der Waals surface area contributed by atoms with Crippen LogP contribution in [0.25, 0.3) is 0 Å². The van der Waals surface area contributed by atoms with Gasteiger partial charge in [-0.15, -0.1) is 0 Å². The molecule has 1 rings (SSSR count). The van der Waals surface area contributed by atoms with E-state index in [1.807, 2.05) is 13.8 Å². The molecule has 0 saturated heterocycles. The van der Waals surface area contributed by atoms with Gasteiger partial charge in [0.15, 0.2) is 5.78 Å². The van der Waals surface area contributed by atoms with Gasteiger partial charge in [-0.25, -0.2) is 0 Å². The highest BCUT2D eigenvalue weighted by atomic mass is 16.1. The van der Waals surface area contributed by atoms with Crippen LogP contribution in [0.1, 0.15) is 46.0 Å². The zero-order valence-electron chi connectivity index (χ0n) is 8.60. The summed E-state index contributed by atoms with van der Waals surface area (Å²) in [5, 5.41) is 0. The first kappa shape index (κ1) is 10.2. The van der Waals surface area contributed by atoms with Crippen LogP contribution in [-0.4, -0.2) is 5.78 Å². The Balaban J connectivity index is 2.64. The maximum absolute atomic E-state index is 11.6. The zero-order valence-corrected chi connectivity index (χ0v) is 8.60. The highest BCUT2D eigenvalue weighted by molar-refractivity contribution is 6.04. The second kappa shape index (κ2) is 5.00. The second-order valence-electron chi connectivity index (χ2n) is 3.91. The van der Waals surface area contributed by atoms with Crippen molar-refractivity contribution in [3.05, 3.63) is 23.3 Å². The second-order valence-corrected chi connectivity index (χ2v) is 3.91. The Morgan fingerprint density at radius 2 is 2.08 bits per heavy atom. The van der Waals surface area contributed by atoms with Crippen molar-refractivity contribution >= 4 is 5.78 Å². The van der Waals surface area contributed by atoms with Gasteiger partial charge in [-0.1, -0.05) is 18.1 Å². The van der Waals surface area contributed by atoms with Gasteiger partial charge in [-0.3, -0.25) is 4.79 Å². The van der Waals surface area contributed by atoms with Crippen molar-refractivity contribution in [2.24, 2.45) is 0 Å². The van der Waals surface area contributed by atoms with Crippen LogP contribution in [0.3, 0.4) is 0 Å². The fourth-order valence-corrected chi connectivity index (χ4v) is 1.59. The van der Waals surface area contributed by atoms with Crippen LogP contribution in [0.4, 0.5) is 0 Å². The summed E-state index contributed by atoms with van der Waals surface area (Å²) in [5.74, 6) is 0.224. The molecule has 72 valence electrons. The van der Waals surface area contributed by atoms with E-state index < -0.39 is 0 Å². The molecule has 1 aliphatic carbocycles. The van der Waals surface area contributed by atoms with Crippen LogP contribution in [-0.2, 0) is 4.79 Å². The van der Waals surface area contributed by atoms with Gasteiger partial charge in [0.05, 0.1) is 0 Å². The lowest BCUT2D eigenvalue weighted by atomic mass is 10.0. The molecule has 1 aliphatic rings. The standard InChI is InChI=1S/C12H18O/c1-10(2)9-12(13)11-7-5-3-4-6-8-11/h7,9H,3-6,8H2,1-2H3. The van der Waals surface area contributed by atoms with Crippen molar-refractivity contribution in [2.75, 3.05) is 0 Å². The van der Waals surface area contributed by atoms with Gasteiger partial charge in [0, 0.05) is 0 Å². The van der Waals surface area contributed by atoms with Crippen LogP contribution >= 0.6 is 0 Å². The molecule has 0 heterocycles. The molecule has 0 fully saturated rings. The minimum Gasteiger partial charge on any atom is -0.290 e. The van der Waals surface area contributed by atoms with Gasteiger partial charge in [0.2, 0.25) is 0 Å². The molecular formula is C12H18O. The van der Waals surface area contributed by atoms with E-state index in [-0.39, 0.29) is 5.78 Å². The number of carbonyl (C=O) groups is 1. The number of ketones is 1. The van der Waals surface area contributed by atoms with E-state index >= 15 is 0 Å². The van der Waals surface area contributed by atoms with Crippen molar-refractivity contribution in [1.29, 1.82) is 0 Å². The van der Waals surface area contributed by atoms with Gasteiger partial charge in [0.25, 0.3) is 0 Å². The van der Waals surface area contributed by atoms with E-state index in [0.717, 1.165) is 24.0 Å². The van der Waals surface area contributed by atoms with Crippen molar-refractivity contribution in [3.8, 4) is 0 Å². The predicted molar refractivity (Wildman–Crippen MR) is 55.6 cm³/mol. The van der Waals surface area contributed by atoms with Gasteiger partial charge in [0.1, 0.15) is 0 Å². The molecule has 0 radical (unpaired) electrons. The normalized spacial score (nSPS) is 17.2. The van der Waals surface area contributed by atoms with Crippen molar-refractivity contribution < 1.29 is 4.79 Å². The molecule has 0 aliphatic heterocycles. The number of carbonyl (C=O) groups excluding carboxylic acids is 1. The molecule has 0 bridgehead atoms. The Hall–Kier alpha value is -0.850. The fourth-order valence-electron chi connectivity index (χ4n) is 1.59. The Morgan fingerprint density at radius 1 is 1.31 bits per heavy atom. The first-order valence-corrected chi connectivity index (χ1v) is 5.08. The van der Waals surface area contributed by atoms with Crippen LogP contribution in [0, 0.1) is 0 Å². The van der Waals surface area contributed by atoms with Gasteiger partial charge >= 0.3 is 0 Å². The van der Waals surface area contributed by atoms with Crippen molar-refractivity contribution in [3.63, 3.8) is 0 Å². The molecule has 0 aromatic heterocycles. The highest BCUT2D eigenvalue weighted by Crippen LogP contribution is 2.18. The smallest absolute Gasteiger partial charge is 0.181 e. The van der Waals surface area contributed by atoms with Crippen LogP contribution in [0.15, 0.2) is 23.3 Å². The van der Waals surface area contributed by atoms with E-state index in [2.05, 4.69) is 6.08 Å². The molecule has 13 heavy (non-hydrogen) atoms. The third-order valence-electron chi connectivity index (χ3n) is 2.28. The summed E-state index contributed by atoms with van der Waals surface area (Å²) in [6, 6.07) is 0. The largest absolute Gasteiger partial charge is 0.290 e. The molecule has 0 saturated carbocycles. The third kappa shape index (κ3) is 3.58. The van der Waals surface area contributed by atoms with E-state index in [1.54, 1.807) is 6.08 Å². The summed E-state index contributed by atoms with van der Waals surface area (Å²) >= 11 is 0. The molecule has 0 unspecified atom stereocenters. The molecule has 0 aromatic rings. The van der Waals surface area contributed by atoms with Gasteiger partial charge < -0.3 is 0 Å². The average molecular weight is 178 g/mol. The minimum absolute atomic E-state index is 0.224. The first-order chi connectivity index (χ1) is 6.20. The molecule has 0 amide bonds. The molecular weight excluding hydrogens is 160 g/mol. The van der Waals surface area contributed by atoms with E-state index in [4.69, 9.17) is 0 Å². The molecule has 1 nitrogen and oxygen atoms in total. The maximum atomic E-state index is 11.6.